The minimum atomic E-state index is 1.14. The zero-order valence-electron chi connectivity index (χ0n) is 33.2. The Bertz CT molecular complexity index is 3860. The third-order valence-electron chi connectivity index (χ3n) is 12.8. The lowest BCUT2D eigenvalue weighted by Crippen LogP contribution is -1.96. The average Bonchev–Trinajstić information content (AvgIpc) is 3.97. The van der Waals surface area contributed by atoms with Gasteiger partial charge in [0.05, 0.1) is 38.8 Å². The van der Waals surface area contributed by atoms with Gasteiger partial charge < -0.3 is 13.7 Å². The van der Waals surface area contributed by atoms with E-state index in [1.54, 1.807) is 0 Å². The van der Waals surface area contributed by atoms with Gasteiger partial charge in [-0.3, -0.25) is 0 Å². The number of para-hydroxylation sites is 3. The zero-order valence-corrected chi connectivity index (χ0v) is 33.2. The SMILES string of the molecule is c1ccc(-c2cccc(-n3c4ccc(-c5ccc6c(c5)c5ccccc5n6-c5cccc6ccccc56)cc4c4ccc5c(c6ccccc6n5-c5ccccc5)c43)c2)cc1. The lowest BCUT2D eigenvalue weighted by molar-refractivity contribution is 1.17. The van der Waals surface area contributed by atoms with Gasteiger partial charge in [0.25, 0.3) is 0 Å². The van der Waals surface area contributed by atoms with Crippen LogP contribution in [0.15, 0.2) is 224 Å². The van der Waals surface area contributed by atoms with Crippen molar-refractivity contribution in [3.63, 3.8) is 0 Å². The van der Waals surface area contributed by atoms with Gasteiger partial charge in [-0.25, -0.2) is 0 Å². The molecule has 13 rings (SSSR count). The van der Waals surface area contributed by atoms with Crippen molar-refractivity contribution < 1.29 is 0 Å². The van der Waals surface area contributed by atoms with Gasteiger partial charge in [0.15, 0.2) is 0 Å². The van der Waals surface area contributed by atoms with Crippen LogP contribution in [0.25, 0.3) is 116 Å². The Labute approximate surface area is 352 Å². The summed E-state index contributed by atoms with van der Waals surface area (Å²) < 4.78 is 7.36. The van der Waals surface area contributed by atoms with E-state index in [0.717, 1.165) is 11.4 Å². The number of hydrogen-bond donors (Lipinski definition) is 0. The van der Waals surface area contributed by atoms with E-state index < -0.39 is 0 Å². The van der Waals surface area contributed by atoms with Crippen LogP contribution in [-0.4, -0.2) is 13.7 Å². The van der Waals surface area contributed by atoms with Crippen molar-refractivity contribution >= 4 is 76.2 Å². The van der Waals surface area contributed by atoms with Gasteiger partial charge in [0, 0.05) is 49.1 Å². The third-order valence-corrected chi connectivity index (χ3v) is 12.8. The summed E-state index contributed by atoms with van der Waals surface area (Å²) >= 11 is 0. The fraction of sp³-hybridized carbons (Fsp3) is 0. The Kier molecular flexibility index (Phi) is 7.31. The molecular formula is C58H37N3. The molecule has 0 radical (unpaired) electrons. The first-order valence-corrected chi connectivity index (χ1v) is 21.0. The standard InChI is InChI=1S/C58H37N3/c1-3-15-38(16-4-1)40-19-13-22-44(35-40)60-54-32-29-42(37-50(54)47-31-34-56-57(58(47)60)48-25-10-12-27-53(48)59(56)43-20-5-2-6-21-43)41-30-33-55-49(36-41)46-24-9-11-26-52(46)61(55)51-28-14-18-39-17-7-8-23-45(39)51/h1-37H. The van der Waals surface area contributed by atoms with Crippen LogP contribution in [0.1, 0.15) is 0 Å². The summed E-state index contributed by atoms with van der Waals surface area (Å²) in [6.45, 7) is 0. The second kappa shape index (κ2) is 13.2. The largest absolute Gasteiger partial charge is 0.309 e. The van der Waals surface area contributed by atoms with Crippen LogP contribution in [0.3, 0.4) is 0 Å². The maximum Gasteiger partial charge on any atom is 0.0641 e. The summed E-state index contributed by atoms with van der Waals surface area (Å²) in [5.74, 6) is 0. The van der Waals surface area contributed by atoms with E-state index in [9.17, 15) is 0 Å². The Hall–Kier alpha value is -8.14. The second-order valence-corrected chi connectivity index (χ2v) is 16.1. The molecule has 3 nitrogen and oxygen atoms in total. The smallest absolute Gasteiger partial charge is 0.0641 e. The van der Waals surface area contributed by atoms with Gasteiger partial charge in [-0.2, -0.15) is 0 Å². The Morgan fingerprint density at radius 2 is 0.770 bits per heavy atom. The Morgan fingerprint density at radius 1 is 0.246 bits per heavy atom. The number of aromatic nitrogens is 3. The van der Waals surface area contributed by atoms with Gasteiger partial charge in [0.2, 0.25) is 0 Å². The summed E-state index contributed by atoms with van der Waals surface area (Å²) in [6.07, 6.45) is 0. The van der Waals surface area contributed by atoms with Crippen LogP contribution in [-0.2, 0) is 0 Å². The zero-order chi connectivity index (χ0) is 40.0. The first-order valence-electron chi connectivity index (χ1n) is 21.0. The summed E-state index contributed by atoms with van der Waals surface area (Å²) in [7, 11) is 0. The molecule has 0 aliphatic rings. The Morgan fingerprint density at radius 3 is 1.56 bits per heavy atom. The molecule has 0 atom stereocenters. The van der Waals surface area contributed by atoms with Gasteiger partial charge in [0.1, 0.15) is 0 Å². The lowest BCUT2D eigenvalue weighted by Gasteiger charge is -2.12. The number of rotatable bonds is 5. The predicted molar refractivity (Wildman–Crippen MR) is 258 cm³/mol. The lowest BCUT2D eigenvalue weighted by atomic mass is 10.00. The molecule has 0 bridgehead atoms. The van der Waals surface area contributed by atoms with Crippen molar-refractivity contribution in [1.29, 1.82) is 0 Å². The number of fused-ring (bicyclic) bond motifs is 11. The summed E-state index contributed by atoms with van der Waals surface area (Å²) in [5.41, 5.74) is 15.5. The highest BCUT2D eigenvalue weighted by Crippen LogP contribution is 2.44. The molecular weight excluding hydrogens is 739 g/mol. The molecule has 13 aromatic rings. The van der Waals surface area contributed by atoms with E-state index in [1.165, 1.54) is 104 Å². The fourth-order valence-corrected chi connectivity index (χ4v) is 10.1. The van der Waals surface area contributed by atoms with E-state index >= 15 is 0 Å². The van der Waals surface area contributed by atoms with E-state index in [4.69, 9.17) is 0 Å². The van der Waals surface area contributed by atoms with Gasteiger partial charge in [-0.15, -0.1) is 0 Å². The van der Waals surface area contributed by atoms with Gasteiger partial charge >= 0.3 is 0 Å². The Balaban J connectivity index is 1.08. The molecule has 0 amide bonds. The number of nitrogens with zero attached hydrogens (tertiary/aromatic N) is 3. The van der Waals surface area contributed by atoms with Gasteiger partial charge in [-0.1, -0.05) is 152 Å². The molecule has 10 aromatic carbocycles. The first kappa shape index (κ1) is 33.8. The molecule has 0 spiro atoms. The summed E-state index contributed by atoms with van der Waals surface area (Å²) in [6, 6.07) is 82.2. The first-order chi connectivity index (χ1) is 30.3. The van der Waals surface area contributed by atoms with Gasteiger partial charge in [-0.05, 0) is 100 Å². The van der Waals surface area contributed by atoms with Crippen molar-refractivity contribution in [3.05, 3.63) is 224 Å². The molecule has 61 heavy (non-hydrogen) atoms. The summed E-state index contributed by atoms with van der Waals surface area (Å²) in [4.78, 5) is 0. The molecule has 0 saturated heterocycles. The minimum Gasteiger partial charge on any atom is -0.309 e. The van der Waals surface area contributed by atoms with Crippen LogP contribution in [0.5, 0.6) is 0 Å². The maximum atomic E-state index is 2.51. The number of hydrogen-bond acceptors (Lipinski definition) is 0. The molecule has 3 heteroatoms. The average molecular weight is 776 g/mol. The molecule has 0 aliphatic carbocycles. The highest BCUT2D eigenvalue weighted by atomic mass is 15.0. The maximum absolute atomic E-state index is 2.51. The molecule has 0 saturated carbocycles. The van der Waals surface area contributed by atoms with Crippen LogP contribution in [0.4, 0.5) is 0 Å². The second-order valence-electron chi connectivity index (χ2n) is 16.1. The molecule has 0 N–H and O–H groups in total. The van der Waals surface area contributed by atoms with E-state index in [1.807, 2.05) is 0 Å². The van der Waals surface area contributed by atoms with Crippen molar-refractivity contribution in [2.24, 2.45) is 0 Å². The quantitative estimate of drug-likeness (QED) is 0.165. The molecule has 0 fully saturated rings. The van der Waals surface area contributed by atoms with E-state index in [0.29, 0.717) is 0 Å². The van der Waals surface area contributed by atoms with E-state index in [2.05, 4.69) is 238 Å². The van der Waals surface area contributed by atoms with Crippen molar-refractivity contribution in [3.8, 4) is 39.3 Å². The van der Waals surface area contributed by atoms with Crippen LogP contribution in [0.2, 0.25) is 0 Å². The van der Waals surface area contributed by atoms with Crippen molar-refractivity contribution in [2.75, 3.05) is 0 Å². The van der Waals surface area contributed by atoms with Crippen LogP contribution in [0, 0.1) is 0 Å². The van der Waals surface area contributed by atoms with Crippen LogP contribution < -0.4 is 0 Å². The monoisotopic (exact) mass is 775 g/mol. The molecule has 3 aromatic heterocycles. The fourth-order valence-electron chi connectivity index (χ4n) is 10.1. The molecule has 284 valence electrons. The highest BCUT2D eigenvalue weighted by molar-refractivity contribution is 6.26. The highest BCUT2D eigenvalue weighted by Gasteiger charge is 2.22. The molecule has 0 unspecified atom stereocenters. The predicted octanol–water partition coefficient (Wildman–Crippen LogP) is 15.5. The topological polar surface area (TPSA) is 14.8 Å². The van der Waals surface area contributed by atoms with Crippen molar-refractivity contribution in [2.45, 2.75) is 0 Å². The third kappa shape index (κ3) is 5.04. The normalized spacial score (nSPS) is 11.9. The molecule has 0 aliphatic heterocycles. The van der Waals surface area contributed by atoms with Crippen molar-refractivity contribution in [1.82, 2.24) is 13.7 Å². The van der Waals surface area contributed by atoms with Crippen LogP contribution >= 0.6 is 0 Å². The number of benzene rings is 10. The summed E-state index contributed by atoms with van der Waals surface area (Å²) in [5, 5.41) is 9.94. The minimum absolute atomic E-state index is 1.14. The molecule has 3 heterocycles. The van der Waals surface area contributed by atoms with E-state index in [-0.39, 0.29) is 0 Å².